The van der Waals surface area contributed by atoms with Gasteiger partial charge in [0.1, 0.15) is 12.4 Å². The fraction of sp³-hybridized carbons (Fsp3) is 0.250. The third kappa shape index (κ3) is 4.09. The van der Waals surface area contributed by atoms with E-state index in [-0.39, 0.29) is 11.9 Å². The van der Waals surface area contributed by atoms with Crippen molar-refractivity contribution < 1.29 is 9.53 Å². The van der Waals surface area contributed by atoms with Crippen LogP contribution >= 0.6 is 0 Å². The SMILES string of the molecule is Cc1ccc(OC[C@@H](C)NC(=O)c2cccnc2)cc1. The lowest BCUT2D eigenvalue weighted by molar-refractivity contribution is 0.0926. The maximum Gasteiger partial charge on any atom is 0.253 e. The topological polar surface area (TPSA) is 51.2 Å². The van der Waals surface area contributed by atoms with Crippen LogP contribution in [0.4, 0.5) is 0 Å². The molecular formula is C16H18N2O2. The molecule has 0 fully saturated rings. The Kier molecular flexibility index (Phi) is 4.71. The van der Waals surface area contributed by atoms with E-state index in [9.17, 15) is 4.79 Å². The maximum atomic E-state index is 11.9. The molecule has 0 radical (unpaired) electrons. The molecule has 0 aliphatic heterocycles. The second kappa shape index (κ2) is 6.70. The fourth-order valence-electron chi connectivity index (χ4n) is 1.70. The summed E-state index contributed by atoms with van der Waals surface area (Å²) in [5.74, 6) is 0.663. The number of aromatic nitrogens is 1. The molecule has 0 aliphatic carbocycles. The lowest BCUT2D eigenvalue weighted by Crippen LogP contribution is -2.36. The molecule has 0 unspecified atom stereocenters. The number of pyridine rings is 1. The Balaban J connectivity index is 1.82. The van der Waals surface area contributed by atoms with Crippen LogP contribution in [-0.2, 0) is 0 Å². The molecule has 4 heteroatoms. The number of carbonyl (C=O) groups excluding carboxylic acids is 1. The van der Waals surface area contributed by atoms with Gasteiger partial charge in [-0.1, -0.05) is 17.7 Å². The molecule has 2 rings (SSSR count). The first-order valence-corrected chi connectivity index (χ1v) is 6.55. The van der Waals surface area contributed by atoms with Crippen molar-refractivity contribution in [3.63, 3.8) is 0 Å². The van der Waals surface area contributed by atoms with E-state index in [0.717, 1.165) is 5.75 Å². The van der Waals surface area contributed by atoms with Crippen LogP contribution in [0.3, 0.4) is 0 Å². The lowest BCUT2D eigenvalue weighted by atomic mass is 10.2. The van der Waals surface area contributed by atoms with Crippen LogP contribution in [0.15, 0.2) is 48.8 Å². The Bertz CT molecular complexity index is 552. The van der Waals surface area contributed by atoms with Gasteiger partial charge in [0.25, 0.3) is 5.91 Å². The first-order chi connectivity index (χ1) is 9.65. The van der Waals surface area contributed by atoms with Gasteiger partial charge in [0.15, 0.2) is 0 Å². The maximum absolute atomic E-state index is 11.9. The van der Waals surface area contributed by atoms with Crippen LogP contribution in [0, 0.1) is 6.92 Å². The van der Waals surface area contributed by atoms with Gasteiger partial charge in [-0.15, -0.1) is 0 Å². The summed E-state index contributed by atoms with van der Waals surface area (Å²) in [6.45, 7) is 4.36. The molecule has 1 N–H and O–H groups in total. The molecule has 0 saturated carbocycles. The van der Waals surface area contributed by atoms with Crippen molar-refractivity contribution in [3.05, 3.63) is 59.9 Å². The van der Waals surface area contributed by atoms with E-state index in [1.807, 2.05) is 38.1 Å². The molecule has 1 heterocycles. The number of nitrogens with one attached hydrogen (secondary N) is 1. The molecule has 4 nitrogen and oxygen atoms in total. The quantitative estimate of drug-likeness (QED) is 0.908. The van der Waals surface area contributed by atoms with E-state index < -0.39 is 0 Å². The van der Waals surface area contributed by atoms with Gasteiger partial charge in [-0.25, -0.2) is 0 Å². The van der Waals surface area contributed by atoms with Gasteiger partial charge in [-0.2, -0.15) is 0 Å². The summed E-state index contributed by atoms with van der Waals surface area (Å²) in [5.41, 5.74) is 1.74. The van der Waals surface area contributed by atoms with Crippen LogP contribution < -0.4 is 10.1 Å². The van der Waals surface area contributed by atoms with Crippen molar-refractivity contribution in [2.75, 3.05) is 6.61 Å². The number of hydrogen-bond donors (Lipinski definition) is 1. The summed E-state index contributed by atoms with van der Waals surface area (Å²) in [7, 11) is 0. The number of ether oxygens (including phenoxy) is 1. The average Bonchev–Trinajstić information content (AvgIpc) is 2.47. The minimum absolute atomic E-state index is 0.0796. The normalized spacial score (nSPS) is 11.7. The third-order valence-corrected chi connectivity index (χ3v) is 2.82. The highest BCUT2D eigenvalue weighted by atomic mass is 16.5. The highest BCUT2D eigenvalue weighted by Crippen LogP contribution is 2.11. The van der Waals surface area contributed by atoms with Gasteiger partial charge in [-0.3, -0.25) is 9.78 Å². The third-order valence-electron chi connectivity index (χ3n) is 2.82. The van der Waals surface area contributed by atoms with Crippen molar-refractivity contribution in [1.82, 2.24) is 10.3 Å². The van der Waals surface area contributed by atoms with Gasteiger partial charge in [0.2, 0.25) is 0 Å². The molecular weight excluding hydrogens is 252 g/mol. The van der Waals surface area contributed by atoms with E-state index in [0.29, 0.717) is 12.2 Å². The Morgan fingerprint density at radius 3 is 2.70 bits per heavy atom. The summed E-state index contributed by atoms with van der Waals surface area (Å²) in [4.78, 5) is 15.8. The Labute approximate surface area is 118 Å². The van der Waals surface area contributed by atoms with Crippen LogP contribution in [-0.4, -0.2) is 23.5 Å². The minimum atomic E-state index is -0.141. The molecule has 20 heavy (non-hydrogen) atoms. The largest absolute Gasteiger partial charge is 0.491 e. The molecule has 0 spiro atoms. The average molecular weight is 270 g/mol. The minimum Gasteiger partial charge on any atom is -0.491 e. The smallest absolute Gasteiger partial charge is 0.253 e. The summed E-state index contributed by atoms with van der Waals surface area (Å²) in [6.07, 6.45) is 3.18. The second-order valence-corrected chi connectivity index (χ2v) is 4.74. The number of amides is 1. The standard InChI is InChI=1S/C16H18N2O2/c1-12-5-7-15(8-6-12)20-11-13(2)18-16(19)14-4-3-9-17-10-14/h3-10,13H,11H2,1-2H3,(H,18,19)/t13-/m1/s1. The number of benzene rings is 1. The number of nitrogens with zero attached hydrogens (tertiary/aromatic N) is 1. The number of carbonyl (C=O) groups is 1. The van der Waals surface area contributed by atoms with Crippen LogP contribution in [0.5, 0.6) is 5.75 Å². The lowest BCUT2D eigenvalue weighted by Gasteiger charge is -2.15. The van der Waals surface area contributed by atoms with E-state index in [1.165, 1.54) is 5.56 Å². The molecule has 1 atom stereocenters. The highest BCUT2D eigenvalue weighted by Gasteiger charge is 2.10. The zero-order chi connectivity index (χ0) is 14.4. The van der Waals surface area contributed by atoms with Crippen molar-refractivity contribution in [3.8, 4) is 5.75 Å². The second-order valence-electron chi connectivity index (χ2n) is 4.74. The van der Waals surface area contributed by atoms with Gasteiger partial charge in [0, 0.05) is 12.4 Å². The van der Waals surface area contributed by atoms with Gasteiger partial charge >= 0.3 is 0 Å². The number of aryl methyl sites for hydroxylation is 1. The van der Waals surface area contributed by atoms with Crippen molar-refractivity contribution in [2.24, 2.45) is 0 Å². The summed E-state index contributed by atoms with van der Waals surface area (Å²) in [5, 5.41) is 2.87. The van der Waals surface area contributed by atoms with Crippen molar-refractivity contribution >= 4 is 5.91 Å². The molecule has 1 aromatic carbocycles. The Morgan fingerprint density at radius 1 is 1.30 bits per heavy atom. The molecule has 0 saturated heterocycles. The van der Waals surface area contributed by atoms with E-state index in [1.54, 1.807) is 24.5 Å². The molecule has 104 valence electrons. The van der Waals surface area contributed by atoms with Gasteiger partial charge in [-0.05, 0) is 38.1 Å². The predicted octanol–water partition coefficient (Wildman–Crippen LogP) is 2.59. The summed E-state index contributed by atoms with van der Waals surface area (Å²) in [6, 6.07) is 11.2. The zero-order valence-corrected chi connectivity index (χ0v) is 11.7. The summed E-state index contributed by atoms with van der Waals surface area (Å²) >= 11 is 0. The van der Waals surface area contributed by atoms with Gasteiger partial charge < -0.3 is 10.1 Å². The molecule has 1 aromatic heterocycles. The summed E-state index contributed by atoms with van der Waals surface area (Å²) < 4.78 is 5.63. The molecule has 0 bridgehead atoms. The van der Waals surface area contributed by atoms with Crippen LogP contribution in [0.1, 0.15) is 22.8 Å². The number of hydrogen-bond acceptors (Lipinski definition) is 3. The Hall–Kier alpha value is -2.36. The molecule has 0 aliphatic rings. The van der Waals surface area contributed by atoms with E-state index >= 15 is 0 Å². The zero-order valence-electron chi connectivity index (χ0n) is 11.7. The van der Waals surface area contributed by atoms with Gasteiger partial charge in [0.05, 0.1) is 11.6 Å². The van der Waals surface area contributed by atoms with E-state index in [4.69, 9.17) is 4.74 Å². The van der Waals surface area contributed by atoms with Crippen LogP contribution in [0.2, 0.25) is 0 Å². The van der Waals surface area contributed by atoms with Crippen LogP contribution in [0.25, 0.3) is 0 Å². The van der Waals surface area contributed by atoms with Crippen molar-refractivity contribution in [2.45, 2.75) is 19.9 Å². The molecule has 1 amide bonds. The molecule has 2 aromatic rings. The number of rotatable bonds is 5. The van der Waals surface area contributed by atoms with Crippen molar-refractivity contribution in [1.29, 1.82) is 0 Å². The monoisotopic (exact) mass is 270 g/mol. The highest BCUT2D eigenvalue weighted by molar-refractivity contribution is 5.93. The Morgan fingerprint density at radius 2 is 2.05 bits per heavy atom. The fourth-order valence-corrected chi connectivity index (χ4v) is 1.70. The first kappa shape index (κ1) is 14.1. The first-order valence-electron chi connectivity index (χ1n) is 6.55. The van der Waals surface area contributed by atoms with E-state index in [2.05, 4.69) is 10.3 Å². The predicted molar refractivity (Wildman–Crippen MR) is 77.8 cm³/mol.